The Morgan fingerprint density at radius 2 is 1.88 bits per heavy atom. The number of carbonyl (C=O) groups is 1. The van der Waals surface area contributed by atoms with Crippen molar-refractivity contribution in [3.8, 4) is 0 Å². The van der Waals surface area contributed by atoms with Gasteiger partial charge in [-0.25, -0.2) is 17.7 Å². The maximum Gasteiger partial charge on any atom is 0.260 e. The van der Waals surface area contributed by atoms with E-state index in [1.165, 1.54) is 49.7 Å². The Morgan fingerprint density at radius 1 is 1.12 bits per heavy atom. The molecule has 0 fully saturated rings. The number of furan rings is 1. The van der Waals surface area contributed by atoms with Gasteiger partial charge in [0.1, 0.15) is 5.76 Å². The Kier molecular flexibility index (Phi) is 6.38. The Hall–Kier alpha value is -2.66. The molecule has 2 heterocycles. The first kappa shape index (κ1) is 22.5. The minimum atomic E-state index is -3.58. The van der Waals surface area contributed by atoms with Gasteiger partial charge < -0.3 is 4.42 Å². The summed E-state index contributed by atoms with van der Waals surface area (Å²) in [7, 11) is -0.641. The highest BCUT2D eigenvalue weighted by Crippen LogP contribution is 2.33. The van der Waals surface area contributed by atoms with Crippen LogP contribution in [-0.2, 0) is 16.6 Å². The Morgan fingerprint density at radius 3 is 2.50 bits per heavy atom. The number of sulfonamides is 1. The number of nitrogens with zero attached hydrogens (tertiary/aromatic N) is 3. The number of rotatable bonds is 7. The van der Waals surface area contributed by atoms with Crippen LogP contribution in [0.1, 0.15) is 16.1 Å². The van der Waals surface area contributed by atoms with Crippen molar-refractivity contribution in [1.82, 2.24) is 9.29 Å². The third-order valence-corrected chi connectivity index (χ3v) is 8.43. The largest absolute Gasteiger partial charge is 0.467 e. The van der Waals surface area contributed by atoms with Crippen molar-refractivity contribution in [2.24, 2.45) is 0 Å². The van der Waals surface area contributed by atoms with E-state index in [0.29, 0.717) is 16.5 Å². The molecule has 32 heavy (non-hydrogen) atoms. The number of anilines is 1. The highest BCUT2D eigenvalue weighted by molar-refractivity contribution is 7.98. The summed E-state index contributed by atoms with van der Waals surface area (Å²) in [6, 6.07) is 15.5. The van der Waals surface area contributed by atoms with Gasteiger partial charge in [0.05, 0.1) is 27.9 Å². The molecule has 4 rings (SSSR count). The van der Waals surface area contributed by atoms with Gasteiger partial charge in [-0.1, -0.05) is 11.3 Å². The van der Waals surface area contributed by atoms with Gasteiger partial charge in [-0.2, -0.15) is 0 Å². The Bertz CT molecular complexity index is 1350. The zero-order chi connectivity index (χ0) is 22.9. The molecule has 0 N–H and O–H groups in total. The van der Waals surface area contributed by atoms with Crippen molar-refractivity contribution < 1.29 is 17.6 Å². The predicted octanol–water partition coefficient (Wildman–Crippen LogP) is 4.71. The van der Waals surface area contributed by atoms with E-state index in [0.717, 1.165) is 19.4 Å². The second kappa shape index (κ2) is 9.07. The zero-order valence-electron chi connectivity index (χ0n) is 17.7. The average molecular weight is 488 g/mol. The number of hydrogen-bond donors (Lipinski definition) is 0. The first-order valence-corrected chi connectivity index (χ1v) is 13.1. The molecular formula is C22H21N3O4S3. The molecule has 2 aromatic heterocycles. The Labute approximate surface area is 194 Å². The summed E-state index contributed by atoms with van der Waals surface area (Å²) in [6.45, 7) is 0.207. The summed E-state index contributed by atoms with van der Waals surface area (Å²) in [5.74, 6) is 0.327. The van der Waals surface area contributed by atoms with Crippen LogP contribution in [0, 0.1) is 0 Å². The summed E-state index contributed by atoms with van der Waals surface area (Å²) in [6.07, 6.45) is 3.57. The number of fused-ring (bicyclic) bond motifs is 1. The highest BCUT2D eigenvalue weighted by Gasteiger charge is 2.24. The van der Waals surface area contributed by atoms with E-state index in [1.807, 2.05) is 18.4 Å². The van der Waals surface area contributed by atoms with Crippen LogP contribution in [0.3, 0.4) is 0 Å². The van der Waals surface area contributed by atoms with Gasteiger partial charge >= 0.3 is 0 Å². The van der Waals surface area contributed by atoms with E-state index in [2.05, 4.69) is 11.1 Å². The highest BCUT2D eigenvalue weighted by atomic mass is 32.2. The van der Waals surface area contributed by atoms with Crippen LogP contribution >= 0.6 is 23.1 Å². The molecule has 0 unspecified atom stereocenters. The number of carbonyl (C=O) groups excluding carboxylic acids is 1. The summed E-state index contributed by atoms with van der Waals surface area (Å²) >= 11 is 3.07. The van der Waals surface area contributed by atoms with Crippen molar-refractivity contribution in [2.75, 3.05) is 25.3 Å². The number of aromatic nitrogens is 1. The van der Waals surface area contributed by atoms with Crippen molar-refractivity contribution in [1.29, 1.82) is 0 Å². The van der Waals surface area contributed by atoms with Crippen LogP contribution in [0.5, 0.6) is 0 Å². The molecule has 0 saturated carbocycles. The van der Waals surface area contributed by atoms with Gasteiger partial charge in [0.25, 0.3) is 5.91 Å². The quantitative estimate of drug-likeness (QED) is 0.351. The summed E-state index contributed by atoms with van der Waals surface area (Å²) in [5, 5.41) is 0.546. The molecule has 0 aliphatic heterocycles. The SMILES string of the molecule is CSc1ccc2nc(N(Cc3ccco3)C(=O)c3ccc(S(=O)(=O)N(C)C)cc3)sc2c1. The standard InChI is InChI=1S/C22H21N3O4S3/c1-24(2)32(27,28)18-9-6-15(7-10-18)21(26)25(14-16-5-4-12-29-16)22-23-19-11-8-17(30-3)13-20(19)31-22/h4-13H,14H2,1-3H3. The lowest BCUT2D eigenvalue weighted by atomic mass is 10.2. The van der Waals surface area contributed by atoms with Crippen LogP contribution < -0.4 is 4.90 Å². The molecule has 1 amide bonds. The molecule has 0 aliphatic rings. The second-order valence-corrected chi connectivity index (χ2v) is 11.2. The van der Waals surface area contributed by atoms with Crippen LogP contribution in [0.25, 0.3) is 10.2 Å². The zero-order valence-corrected chi connectivity index (χ0v) is 20.1. The van der Waals surface area contributed by atoms with Crippen LogP contribution in [0.15, 0.2) is 75.1 Å². The van der Waals surface area contributed by atoms with Gasteiger partial charge in [-0.3, -0.25) is 9.69 Å². The minimum absolute atomic E-state index is 0.126. The molecule has 0 bridgehead atoms. The Balaban J connectivity index is 1.71. The molecule has 0 aliphatic carbocycles. The lowest BCUT2D eigenvalue weighted by Gasteiger charge is -2.19. The lowest BCUT2D eigenvalue weighted by molar-refractivity contribution is 0.0983. The summed E-state index contributed by atoms with van der Waals surface area (Å²) < 4.78 is 32.3. The van der Waals surface area contributed by atoms with E-state index < -0.39 is 10.0 Å². The maximum absolute atomic E-state index is 13.5. The number of benzene rings is 2. The average Bonchev–Trinajstić information content (AvgIpc) is 3.45. The molecule has 166 valence electrons. The molecule has 0 saturated heterocycles. The molecule has 0 radical (unpaired) electrons. The van der Waals surface area contributed by atoms with Crippen LogP contribution in [-0.4, -0.2) is 44.0 Å². The van der Waals surface area contributed by atoms with Crippen molar-refractivity contribution >= 4 is 54.4 Å². The van der Waals surface area contributed by atoms with E-state index in [-0.39, 0.29) is 17.3 Å². The molecule has 10 heteroatoms. The predicted molar refractivity (Wildman–Crippen MR) is 128 cm³/mol. The monoisotopic (exact) mass is 487 g/mol. The molecule has 0 atom stereocenters. The van der Waals surface area contributed by atoms with Crippen LogP contribution in [0.4, 0.5) is 5.13 Å². The first-order valence-electron chi connectivity index (χ1n) is 9.61. The molecular weight excluding hydrogens is 466 g/mol. The fraction of sp³-hybridized carbons (Fsp3) is 0.182. The normalized spacial score (nSPS) is 11.9. The summed E-state index contributed by atoms with van der Waals surface area (Å²) in [4.78, 5) is 20.9. The second-order valence-electron chi connectivity index (χ2n) is 7.11. The van der Waals surface area contributed by atoms with Gasteiger partial charge in [0, 0.05) is 24.6 Å². The third kappa shape index (κ3) is 4.44. The molecule has 4 aromatic rings. The maximum atomic E-state index is 13.5. The third-order valence-electron chi connectivity index (χ3n) is 4.83. The first-order chi connectivity index (χ1) is 15.3. The smallest absolute Gasteiger partial charge is 0.260 e. The van der Waals surface area contributed by atoms with Gasteiger partial charge in [0.15, 0.2) is 5.13 Å². The molecule has 2 aromatic carbocycles. The minimum Gasteiger partial charge on any atom is -0.467 e. The van der Waals surface area contributed by atoms with E-state index in [1.54, 1.807) is 35.1 Å². The van der Waals surface area contributed by atoms with E-state index >= 15 is 0 Å². The van der Waals surface area contributed by atoms with Crippen molar-refractivity contribution in [3.05, 3.63) is 72.2 Å². The van der Waals surface area contributed by atoms with Gasteiger partial charge in [0.2, 0.25) is 10.0 Å². The number of thiazole rings is 1. The van der Waals surface area contributed by atoms with Crippen LogP contribution in [0.2, 0.25) is 0 Å². The van der Waals surface area contributed by atoms with Gasteiger partial charge in [-0.15, -0.1) is 11.8 Å². The molecule has 0 spiro atoms. The summed E-state index contributed by atoms with van der Waals surface area (Å²) in [5.41, 5.74) is 1.17. The van der Waals surface area contributed by atoms with Gasteiger partial charge in [-0.05, 0) is 60.9 Å². The number of thioether (sulfide) groups is 1. The topological polar surface area (TPSA) is 83.7 Å². The van der Waals surface area contributed by atoms with E-state index in [4.69, 9.17) is 4.42 Å². The number of amides is 1. The fourth-order valence-electron chi connectivity index (χ4n) is 3.06. The molecule has 7 nitrogen and oxygen atoms in total. The lowest BCUT2D eigenvalue weighted by Crippen LogP contribution is -2.30. The van der Waals surface area contributed by atoms with Crippen molar-refractivity contribution in [2.45, 2.75) is 16.3 Å². The fourth-order valence-corrected chi connectivity index (χ4v) is 5.47. The van der Waals surface area contributed by atoms with E-state index in [9.17, 15) is 13.2 Å². The van der Waals surface area contributed by atoms with Crippen molar-refractivity contribution in [3.63, 3.8) is 0 Å². The number of hydrogen-bond acceptors (Lipinski definition) is 7.